The van der Waals surface area contributed by atoms with Gasteiger partial charge in [-0.1, -0.05) is 0 Å². The second-order valence-corrected chi connectivity index (χ2v) is 4.41. The largest absolute Gasteiger partial charge is 0.480 e. The van der Waals surface area contributed by atoms with Crippen molar-refractivity contribution in [3.63, 3.8) is 0 Å². The fourth-order valence-electron chi connectivity index (χ4n) is 2.20. The molecule has 3 amide bonds. The highest BCUT2D eigenvalue weighted by molar-refractivity contribution is 5.96. The van der Waals surface area contributed by atoms with E-state index in [1.807, 2.05) is 5.32 Å². The monoisotopic (exact) mass is 243 g/mol. The lowest BCUT2D eigenvalue weighted by Gasteiger charge is -2.34. The predicted molar refractivity (Wildman–Crippen MR) is 59.2 cm³/mol. The van der Waals surface area contributed by atoms with E-state index in [0.29, 0.717) is 19.4 Å². The molecule has 1 aliphatic heterocycles. The van der Waals surface area contributed by atoms with Crippen molar-refractivity contribution >= 4 is 17.9 Å². The quantitative estimate of drug-likeness (QED) is 0.619. The van der Waals surface area contributed by atoms with Crippen LogP contribution in [0.2, 0.25) is 0 Å². The van der Waals surface area contributed by atoms with Crippen LogP contribution in [0.15, 0.2) is 0 Å². The summed E-state index contributed by atoms with van der Waals surface area (Å²) in [7, 11) is 0. The molecule has 0 saturated carbocycles. The van der Waals surface area contributed by atoms with Gasteiger partial charge in [0.05, 0.1) is 6.04 Å². The first kappa shape index (κ1) is 13.4. The zero-order chi connectivity index (χ0) is 13.2. The molecule has 2 unspecified atom stereocenters. The summed E-state index contributed by atoms with van der Waals surface area (Å²) in [6.45, 7) is 3.65. The van der Waals surface area contributed by atoms with Crippen molar-refractivity contribution in [2.45, 2.75) is 38.3 Å². The van der Waals surface area contributed by atoms with Gasteiger partial charge in [0.1, 0.15) is 5.54 Å². The number of aliphatic carboxylic acids is 1. The van der Waals surface area contributed by atoms with Gasteiger partial charge in [0.2, 0.25) is 5.91 Å². The van der Waals surface area contributed by atoms with Crippen molar-refractivity contribution in [2.24, 2.45) is 5.73 Å². The summed E-state index contributed by atoms with van der Waals surface area (Å²) in [5.41, 5.74) is 3.79. The summed E-state index contributed by atoms with van der Waals surface area (Å²) < 4.78 is 0. The molecule has 0 aromatic heterocycles. The van der Waals surface area contributed by atoms with Gasteiger partial charge in [-0.25, -0.2) is 4.79 Å². The van der Waals surface area contributed by atoms with Gasteiger partial charge in [-0.2, -0.15) is 0 Å². The van der Waals surface area contributed by atoms with E-state index >= 15 is 0 Å². The molecule has 2 atom stereocenters. The molecule has 1 rings (SSSR count). The molecule has 0 aliphatic carbocycles. The van der Waals surface area contributed by atoms with E-state index < -0.39 is 29.5 Å². The molecule has 4 N–H and O–H groups in total. The van der Waals surface area contributed by atoms with E-state index in [4.69, 9.17) is 5.73 Å². The molecule has 1 aliphatic rings. The molecule has 17 heavy (non-hydrogen) atoms. The Morgan fingerprint density at radius 2 is 2.06 bits per heavy atom. The Morgan fingerprint density at radius 1 is 1.47 bits per heavy atom. The van der Waals surface area contributed by atoms with Crippen LogP contribution in [0.3, 0.4) is 0 Å². The van der Waals surface area contributed by atoms with Gasteiger partial charge in [0.15, 0.2) is 0 Å². The molecule has 1 heterocycles. The Morgan fingerprint density at radius 3 is 2.53 bits per heavy atom. The molecule has 7 heteroatoms. The van der Waals surface area contributed by atoms with Crippen LogP contribution in [0, 0.1) is 0 Å². The Labute approximate surface area is 98.9 Å². The number of hydrogen-bond donors (Lipinski definition) is 3. The molecule has 1 fully saturated rings. The second kappa shape index (κ2) is 4.70. The summed E-state index contributed by atoms with van der Waals surface area (Å²) in [5.74, 6) is -1.54. The number of nitrogens with two attached hydrogens (primary N) is 1. The van der Waals surface area contributed by atoms with Gasteiger partial charge in [0, 0.05) is 6.54 Å². The van der Waals surface area contributed by atoms with Gasteiger partial charge in [-0.15, -0.1) is 0 Å². The number of nitrogens with zero attached hydrogens (tertiary/aromatic N) is 1. The van der Waals surface area contributed by atoms with Crippen molar-refractivity contribution in [1.82, 2.24) is 10.2 Å². The van der Waals surface area contributed by atoms with Crippen molar-refractivity contribution in [1.29, 1.82) is 0 Å². The third-order valence-electron chi connectivity index (χ3n) is 3.25. The number of rotatable bonds is 3. The van der Waals surface area contributed by atoms with E-state index in [9.17, 15) is 19.5 Å². The van der Waals surface area contributed by atoms with Crippen molar-refractivity contribution in [3.8, 4) is 0 Å². The maximum Gasteiger partial charge on any atom is 0.323 e. The Bertz CT molecular complexity index is 357. The SMILES string of the molecule is CC(C(=O)NC(N)=O)N1CCCC1(C)C(=O)O. The molecule has 1 saturated heterocycles. The average Bonchev–Trinajstić information content (AvgIpc) is 2.59. The summed E-state index contributed by atoms with van der Waals surface area (Å²) in [4.78, 5) is 35.0. The second-order valence-electron chi connectivity index (χ2n) is 4.41. The Balaban J connectivity index is 2.81. The van der Waals surface area contributed by atoms with Crippen LogP contribution in [0.4, 0.5) is 4.79 Å². The molecule has 7 nitrogen and oxygen atoms in total. The van der Waals surface area contributed by atoms with E-state index in [2.05, 4.69) is 0 Å². The summed E-state index contributed by atoms with van der Waals surface area (Å²) in [5, 5.41) is 11.2. The van der Waals surface area contributed by atoms with Gasteiger partial charge < -0.3 is 10.8 Å². The summed E-state index contributed by atoms with van der Waals surface area (Å²) in [6, 6.07) is -1.64. The van der Waals surface area contributed by atoms with Crippen molar-refractivity contribution in [3.05, 3.63) is 0 Å². The molecule has 0 aromatic rings. The highest BCUT2D eigenvalue weighted by Gasteiger charge is 2.46. The first-order valence-corrected chi connectivity index (χ1v) is 5.39. The van der Waals surface area contributed by atoms with Crippen LogP contribution in [0.25, 0.3) is 0 Å². The number of primary amides is 1. The number of carboxylic acids is 1. The first-order chi connectivity index (χ1) is 7.79. The minimum Gasteiger partial charge on any atom is -0.480 e. The number of imide groups is 1. The van der Waals surface area contributed by atoms with Crippen LogP contribution in [0.5, 0.6) is 0 Å². The molecular formula is C10H17N3O4. The predicted octanol–water partition coefficient (Wildman–Crippen LogP) is -0.491. The molecule has 0 radical (unpaired) electrons. The van der Waals surface area contributed by atoms with Gasteiger partial charge in [-0.05, 0) is 26.7 Å². The summed E-state index contributed by atoms with van der Waals surface area (Å²) in [6.07, 6.45) is 1.19. The number of nitrogens with one attached hydrogen (secondary N) is 1. The number of carbonyl (C=O) groups excluding carboxylic acids is 2. The van der Waals surface area contributed by atoms with Crippen LogP contribution in [-0.2, 0) is 9.59 Å². The topological polar surface area (TPSA) is 113 Å². The number of likely N-dealkylation sites (tertiary alicyclic amines) is 1. The number of carboxylic acid groups (broad SMARTS) is 1. The molecule has 96 valence electrons. The van der Waals surface area contributed by atoms with Gasteiger partial charge in [-0.3, -0.25) is 19.8 Å². The lowest BCUT2D eigenvalue weighted by molar-refractivity contribution is -0.151. The Kier molecular flexibility index (Phi) is 3.72. The van der Waals surface area contributed by atoms with Crippen LogP contribution < -0.4 is 11.1 Å². The molecule has 0 aromatic carbocycles. The van der Waals surface area contributed by atoms with Crippen LogP contribution in [0.1, 0.15) is 26.7 Å². The van der Waals surface area contributed by atoms with Crippen molar-refractivity contribution in [2.75, 3.05) is 6.54 Å². The third-order valence-corrected chi connectivity index (χ3v) is 3.25. The lowest BCUT2D eigenvalue weighted by atomic mass is 9.98. The zero-order valence-corrected chi connectivity index (χ0v) is 9.90. The highest BCUT2D eigenvalue weighted by atomic mass is 16.4. The number of hydrogen-bond acceptors (Lipinski definition) is 4. The molecule has 0 bridgehead atoms. The minimum absolute atomic E-state index is 0.483. The minimum atomic E-state index is -1.06. The van der Waals surface area contributed by atoms with Crippen LogP contribution >= 0.6 is 0 Å². The fraction of sp³-hybridized carbons (Fsp3) is 0.700. The highest BCUT2D eigenvalue weighted by Crippen LogP contribution is 2.31. The van der Waals surface area contributed by atoms with Crippen LogP contribution in [-0.4, -0.2) is 46.0 Å². The standard InChI is InChI=1S/C10H17N3O4/c1-6(7(14)12-9(11)17)13-5-3-4-10(13,2)8(15)16/h6H,3-5H2,1-2H3,(H,15,16)(H3,11,12,14,17). The maximum absolute atomic E-state index is 11.6. The lowest BCUT2D eigenvalue weighted by Crippen LogP contribution is -2.57. The number of amides is 3. The molecule has 0 spiro atoms. The number of carbonyl (C=O) groups is 3. The zero-order valence-electron chi connectivity index (χ0n) is 9.90. The Hall–Kier alpha value is -1.63. The normalized spacial score (nSPS) is 26.5. The summed E-state index contributed by atoms with van der Waals surface area (Å²) >= 11 is 0. The van der Waals surface area contributed by atoms with E-state index in [-0.39, 0.29) is 0 Å². The first-order valence-electron chi connectivity index (χ1n) is 5.39. The van der Waals surface area contributed by atoms with E-state index in [1.165, 1.54) is 0 Å². The third kappa shape index (κ3) is 2.55. The van der Waals surface area contributed by atoms with E-state index in [0.717, 1.165) is 0 Å². The smallest absolute Gasteiger partial charge is 0.323 e. The molecular weight excluding hydrogens is 226 g/mol. The fourth-order valence-corrected chi connectivity index (χ4v) is 2.20. The van der Waals surface area contributed by atoms with Gasteiger partial charge in [0.25, 0.3) is 0 Å². The number of urea groups is 1. The van der Waals surface area contributed by atoms with Crippen molar-refractivity contribution < 1.29 is 19.5 Å². The van der Waals surface area contributed by atoms with E-state index in [1.54, 1.807) is 18.7 Å². The van der Waals surface area contributed by atoms with Gasteiger partial charge >= 0.3 is 12.0 Å². The average molecular weight is 243 g/mol. The maximum atomic E-state index is 11.6.